The number of piperidine rings is 1. The SMILES string of the molecule is Cc1noc(C2C[C@@H](C)CC[N-]2)n1.Fc1cnc(-c2cc3c(cc2C(F)(F)F)[N-]3)nc1.[Y]. The van der Waals surface area contributed by atoms with Crippen LogP contribution in [0.25, 0.3) is 22.0 Å². The van der Waals surface area contributed by atoms with Crippen LogP contribution in [0.5, 0.6) is 0 Å². The Bertz CT molecular complexity index is 1070. The van der Waals surface area contributed by atoms with Crippen molar-refractivity contribution in [3.8, 4) is 11.4 Å². The van der Waals surface area contributed by atoms with Gasteiger partial charge in [-0.1, -0.05) is 43.1 Å². The fourth-order valence-corrected chi connectivity index (χ4v) is 3.27. The molecule has 2 atom stereocenters. The molecule has 0 saturated carbocycles. The normalized spacial score (nSPS) is 19.1. The summed E-state index contributed by atoms with van der Waals surface area (Å²) < 4.78 is 56.3. The molecule has 1 unspecified atom stereocenters. The predicted molar refractivity (Wildman–Crippen MR) is 104 cm³/mol. The average Bonchev–Trinajstić information content (AvgIpc) is 3.36. The Morgan fingerprint density at radius 2 is 1.81 bits per heavy atom. The molecule has 1 radical (unpaired) electrons. The van der Waals surface area contributed by atoms with Crippen molar-refractivity contribution in [3.63, 3.8) is 0 Å². The zero-order valence-electron chi connectivity index (χ0n) is 17.3. The first-order chi connectivity index (χ1) is 14.7. The van der Waals surface area contributed by atoms with Crippen LogP contribution in [0, 0.1) is 18.7 Å². The summed E-state index contributed by atoms with van der Waals surface area (Å²) in [5.74, 6) is 1.22. The summed E-state index contributed by atoms with van der Waals surface area (Å²) in [7, 11) is 0. The van der Waals surface area contributed by atoms with Crippen molar-refractivity contribution in [1.82, 2.24) is 20.1 Å². The van der Waals surface area contributed by atoms with Crippen LogP contribution in [0.2, 0.25) is 0 Å². The molecule has 0 amide bonds. The Kier molecular flexibility index (Phi) is 7.62. The first-order valence-electron chi connectivity index (χ1n) is 9.62. The van der Waals surface area contributed by atoms with Gasteiger partial charge in [0.1, 0.15) is 0 Å². The summed E-state index contributed by atoms with van der Waals surface area (Å²) in [6, 6.07) is 2.34. The number of aryl methyl sites for hydroxylation is 1. The van der Waals surface area contributed by atoms with E-state index in [9.17, 15) is 17.6 Å². The van der Waals surface area contributed by atoms with Gasteiger partial charge in [0.2, 0.25) is 5.89 Å². The number of benzene rings is 1. The van der Waals surface area contributed by atoms with Crippen molar-refractivity contribution < 1.29 is 54.8 Å². The van der Waals surface area contributed by atoms with Gasteiger partial charge in [0.15, 0.2) is 17.5 Å². The molecule has 7 nitrogen and oxygen atoms in total. The van der Waals surface area contributed by atoms with Crippen molar-refractivity contribution in [1.29, 1.82) is 0 Å². The van der Waals surface area contributed by atoms with E-state index in [1.165, 1.54) is 12.5 Å². The average molecular weight is 523 g/mol. The fourth-order valence-electron chi connectivity index (χ4n) is 3.27. The van der Waals surface area contributed by atoms with Crippen LogP contribution in [0.15, 0.2) is 29.0 Å². The number of halogens is 4. The third-order valence-electron chi connectivity index (χ3n) is 4.90. The minimum absolute atomic E-state index is 0. The molecule has 5 rings (SSSR count). The number of hydrogen-bond acceptors (Lipinski definition) is 5. The van der Waals surface area contributed by atoms with Gasteiger partial charge in [-0.3, -0.25) is 0 Å². The van der Waals surface area contributed by atoms with Crippen molar-refractivity contribution in [2.24, 2.45) is 5.92 Å². The third kappa shape index (κ3) is 5.87. The first kappa shape index (κ1) is 24.7. The van der Waals surface area contributed by atoms with Crippen LogP contribution in [-0.2, 0) is 38.9 Å². The topological polar surface area (TPSA) is 92.9 Å². The summed E-state index contributed by atoms with van der Waals surface area (Å²) in [6.45, 7) is 5.00. The molecule has 1 saturated heterocycles. The van der Waals surface area contributed by atoms with E-state index >= 15 is 0 Å². The number of nitrogens with zero attached hydrogens (tertiary/aromatic N) is 6. The van der Waals surface area contributed by atoms with Gasteiger partial charge in [-0.2, -0.15) is 29.5 Å². The summed E-state index contributed by atoms with van der Waals surface area (Å²) in [5, 5.41) is 12.0. The Hall–Kier alpha value is -1.98. The maximum atomic E-state index is 12.8. The van der Waals surface area contributed by atoms with E-state index in [0.29, 0.717) is 23.1 Å². The quantitative estimate of drug-likeness (QED) is 0.231. The second-order valence-electron chi connectivity index (χ2n) is 7.45. The van der Waals surface area contributed by atoms with Gasteiger partial charge in [-0.05, 0) is 12.8 Å². The Balaban J connectivity index is 0.000000184. The van der Waals surface area contributed by atoms with Gasteiger partial charge in [0.25, 0.3) is 0 Å². The molecule has 0 bridgehead atoms. The standard InChI is InChI=1S/C11H4F4N3.C9H14N3O.Y/c12-5-3-16-10(17-4-5)6-1-8-9(18-8)2-7(6)11(13,14)15;1-6-3-4-10-8(5-6)9-11-7(2)12-13-9;/h1-4H;6,8H,3-5H2,1-2H3;/q2*-1;/t;6-,8?;/m.0./s1. The third-order valence-corrected chi connectivity index (χ3v) is 4.90. The van der Waals surface area contributed by atoms with E-state index in [1.54, 1.807) is 0 Å². The number of aromatic nitrogens is 4. The van der Waals surface area contributed by atoms with Crippen LogP contribution in [-0.4, -0.2) is 26.7 Å². The van der Waals surface area contributed by atoms with Gasteiger partial charge in [-0.15, -0.1) is 6.54 Å². The molecule has 167 valence electrons. The summed E-state index contributed by atoms with van der Waals surface area (Å²) >= 11 is 0. The monoisotopic (exact) mass is 523 g/mol. The largest absolute Gasteiger partial charge is 0.660 e. The van der Waals surface area contributed by atoms with Crippen molar-refractivity contribution in [3.05, 3.63) is 58.3 Å². The summed E-state index contributed by atoms with van der Waals surface area (Å²) in [5.41, 5.74) is -0.268. The van der Waals surface area contributed by atoms with Crippen molar-refractivity contribution in [2.45, 2.75) is 38.9 Å². The van der Waals surface area contributed by atoms with E-state index in [1.807, 2.05) is 6.92 Å². The molecule has 2 aliphatic heterocycles. The molecular formula is C20H18F4N6OY-2. The van der Waals surface area contributed by atoms with E-state index < -0.39 is 17.6 Å². The molecule has 2 aromatic heterocycles. The van der Waals surface area contributed by atoms with E-state index in [0.717, 1.165) is 37.3 Å². The second kappa shape index (κ2) is 9.88. The molecular weight excluding hydrogens is 505 g/mol. The summed E-state index contributed by atoms with van der Waals surface area (Å²) in [4.78, 5) is 11.3. The van der Waals surface area contributed by atoms with Gasteiger partial charge in [0, 0.05) is 38.3 Å². The molecule has 1 fully saturated rings. The fraction of sp³-hybridized carbons (Fsp3) is 0.400. The van der Waals surface area contributed by atoms with Gasteiger partial charge in [-0.25, -0.2) is 14.4 Å². The molecule has 2 aliphatic rings. The molecule has 0 aliphatic carbocycles. The molecule has 12 heteroatoms. The zero-order valence-corrected chi connectivity index (χ0v) is 20.1. The van der Waals surface area contributed by atoms with Crippen LogP contribution in [0.3, 0.4) is 0 Å². The van der Waals surface area contributed by atoms with Gasteiger partial charge >= 0.3 is 6.18 Å². The van der Waals surface area contributed by atoms with Crippen molar-refractivity contribution in [2.75, 3.05) is 6.54 Å². The van der Waals surface area contributed by atoms with Gasteiger partial charge in [0.05, 0.1) is 18.0 Å². The predicted octanol–water partition coefficient (Wildman–Crippen LogP) is 6.17. The number of rotatable bonds is 2. The number of hydrogen-bond donors (Lipinski definition) is 0. The molecule has 32 heavy (non-hydrogen) atoms. The molecule has 0 spiro atoms. The number of alkyl halides is 3. The van der Waals surface area contributed by atoms with E-state index in [-0.39, 0.29) is 50.1 Å². The smallest absolute Gasteiger partial charge is 0.417 e. The second-order valence-corrected chi connectivity index (χ2v) is 7.45. The minimum atomic E-state index is -4.53. The van der Waals surface area contributed by atoms with E-state index in [4.69, 9.17) is 4.52 Å². The van der Waals surface area contributed by atoms with Crippen LogP contribution in [0.1, 0.15) is 43.1 Å². The Morgan fingerprint density at radius 1 is 1.12 bits per heavy atom. The molecule has 3 aromatic rings. The zero-order chi connectivity index (χ0) is 22.2. The minimum Gasteiger partial charge on any atom is -0.660 e. The number of fused-ring (bicyclic) bond motifs is 1. The van der Waals surface area contributed by atoms with Crippen LogP contribution >= 0.6 is 0 Å². The molecule has 4 heterocycles. The van der Waals surface area contributed by atoms with E-state index in [2.05, 4.69) is 37.7 Å². The first-order valence-corrected chi connectivity index (χ1v) is 9.62. The maximum absolute atomic E-state index is 12.8. The maximum Gasteiger partial charge on any atom is 0.417 e. The molecule has 0 N–H and O–H groups in total. The van der Waals surface area contributed by atoms with Gasteiger partial charge < -0.3 is 15.2 Å². The molecule has 1 aromatic carbocycles. The Labute approximate surface area is 206 Å². The van der Waals surface area contributed by atoms with Crippen LogP contribution in [0.4, 0.5) is 28.9 Å². The van der Waals surface area contributed by atoms with Crippen molar-refractivity contribution >= 4 is 11.4 Å². The summed E-state index contributed by atoms with van der Waals surface area (Å²) in [6.07, 6.45) is -0.651. The van der Waals surface area contributed by atoms with Crippen LogP contribution < -0.4 is 0 Å². The Morgan fingerprint density at radius 3 is 2.41 bits per heavy atom.